The van der Waals surface area contributed by atoms with Crippen LogP contribution in [0.1, 0.15) is 29.2 Å². The first kappa shape index (κ1) is 20.5. The molecule has 3 aromatic carbocycles. The molecule has 4 heteroatoms. The quantitative estimate of drug-likeness (QED) is 0.538. The first-order chi connectivity index (χ1) is 14.8. The zero-order valence-corrected chi connectivity index (χ0v) is 16.9. The van der Waals surface area contributed by atoms with Gasteiger partial charge in [0.1, 0.15) is 12.2 Å². The summed E-state index contributed by atoms with van der Waals surface area (Å²) in [7, 11) is 0. The Kier molecular flexibility index (Phi) is 7.03. The molecule has 1 heterocycles. The fourth-order valence-corrected chi connectivity index (χ4v) is 3.66. The van der Waals surface area contributed by atoms with Crippen molar-refractivity contribution >= 4 is 5.78 Å². The number of rotatable bonds is 8. The summed E-state index contributed by atoms with van der Waals surface area (Å²) in [6.45, 7) is 1.13. The maximum atomic E-state index is 13.0. The molecule has 0 N–H and O–H groups in total. The predicted octanol–water partition coefficient (Wildman–Crippen LogP) is 4.89. The Balaban J connectivity index is 1.44. The Morgan fingerprint density at radius 1 is 0.767 bits per heavy atom. The van der Waals surface area contributed by atoms with Gasteiger partial charge in [0.25, 0.3) is 0 Å². The summed E-state index contributed by atoms with van der Waals surface area (Å²) in [6.07, 6.45) is -1.07. The van der Waals surface area contributed by atoms with Gasteiger partial charge in [0.05, 0.1) is 25.9 Å². The van der Waals surface area contributed by atoms with Gasteiger partial charge >= 0.3 is 0 Å². The molecule has 0 spiro atoms. The molecule has 1 saturated heterocycles. The summed E-state index contributed by atoms with van der Waals surface area (Å²) in [5.41, 5.74) is 3.11. The van der Waals surface area contributed by atoms with E-state index in [4.69, 9.17) is 14.2 Å². The van der Waals surface area contributed by atoms with Crippen molar-refractivity contribution in [3.63, 3.8) is 0 Å². The van der Waals surface area contributed by atoms with Gasteiger partial charge in [-0.1, -0.05) is 91.0 Å². The average Bonchev–Trinajstić information content (AvgIpc) is 2.80. The number of carbonyl (C=O) groups excluding carboxylic acids is 1. The number of benzene rings is 3. The molecule has 4 nitrogen and oxygen atoms in total. The SMILES string of the molecule is O=C1C[C@@H](c2ccccc2)O[C@H](COCc2ccccc2)[C@@H]1OCc1ccccc1. The van der Waals surface area contributed by atoms with Crippen molar-refractivity contribution in [2.45, 2.75) is 37.9 Å². The van der Waals surface area contributed by atoms with Crippen molar-refractivity contribution in [3.8, 4) is 0 Å². The van der Waals surface area contributed by atoms with Crippen LogP contribution in [0.15, 0.2) is 91.0 Å². The van der Waals surface area contributed by atoms with E-state index in [1.54, 1.807) is 0 Å². The number of ether oxygens (including phenoxy) is 3. The standard InChI is InChI=1S/C26H26O4/c27-23-16-24(22-14-8-3-9-15-22)30-25(19-28-17-20-10-4-1-5-11-20)26(23)29-18-21-12-6-2-7-13-21/h1-15,24-26H,16-19H2/t24-,25+,26+/m0/s1. The third kappa shape index (κ3) is 5.42. The van der Waals surface area contributed by atoms with Crippen LogP contribution in [0.4, 0.5) is 0 Å². The van der Waals surface area contributed by atoms with Crippen LogP contribution in [0.25, 0.3) is 0 Å². The molecule has 0 aliphatic carbocycles. The molecular weight excluding hydrogens is 376 g/mol. The number of ketones is 1. The third-order valence-corrected chi connectivity index (χ3v) is 5.22. The van der Waals surface area contributed by atoms with E-state index in [-0.39, 0.29) is 11.9 Å². The molecule has 1 aliphatic heterocycles. The van der Waals surface area contributed by atoms with Crippen molar-refractivity contribution in [2.75, 3.05) is 6.61 Å². The van der Waals surface area contributed by atoms with Crippen molar-refractivity contribution in [1.82, 2.24) is 0 Å². The van der Waals surface area contributed by atoms with E-state index in [1.165, 1.54) is 0 Å². The molecular formula is C26H26O4. The molecule has 154 valence electrons. The molecule has 0 saturated carbocycles. The van der Waals surface area contributed by atoms with Gasteiger partial charge in [-0.25, -0.2) is 0 Å². The lowest BCUT2D eigenvalue weighted by Gasteiger charge is -2.35. The summed E-state index contributed by atoms with van der Waals surface area (Å²) >= 11 is 0. The zero-order valence-electron chi connectivity index (χ0n) is 16.9. The Morgan fingerprint density at radius 2 is 1.33 bits per heavy atom. The number of carbonyl (C=O) groups is 1. The van der Waals surface area contributed by atoms with E-state index in [2.05, 4.69) is 0 Å². The van der Waals surface area contributed by atoms with Gasteiger partial charge in [0.15, 0.2) is 5.78 Å². The summed E-state index contributed by atoms with van der Waals surface area (Å²) in [5, 5.41) is 0. The van der Waals surface area contributed by atoms with Crippen molar-refractivity contribution in [1.29, 1.82) is 0 Å². The van der Waals surface area contributed by atoms with Crippen LogP contribution < -0.4 is 0 Å². The summed E-state index contributed by atoms with van der Waals surface area (Å²) < 4.78 is 18.3. The molecule has 0 unspecified atom stereocenters. The van der Waals surface area contributed by atoms with E-state index >= 15 is 0 Å². The molecule has 0 aromatic heterocycles. The molecule has 0 radical (unpaired) electrons. The second-order valence-corrected chi connectivity index (χ2v) is 7.46. The van der Waals surface area contributed by atoms with Crippen molar-refractivity contribution in [2.24, 2.45) is 0 Å². The van der Waals surface area contributed by atoms with Crippen LogP contribution in [-0.4, -0.2) is 24.6 Å². The molecule has 1 fully saturated rings. The van der Waals surface area contributed by atoms with Crippen LogP contribution >= 0.6 is 0 Å². The van der Waals surface area contributed by atoms with E-state index in [0.29, 0.717) is 26.2 Å². The monoisotopic (exact) mass is 402 g/mol. The summed E-state index contributed by atoms with van der Waals surface area (Å²) in [5.74, 6) is 0.0549. The average molecular weight is 402 g/mol. The van der Waals surface area contributed by atoms with Gasteiger partial charge in [-0.05, 0) is 16.7 Å². The minimum atomic E-state index is -0.638. The van der Waals surface area contributed by atoms with Crippen LogP contribution in [0.5, 0.6) is 0 Å². The Bertz CT molecular complexity index is 912. The van der Waals surface area contributed by atoms with E-state index in [1.807, 2.05) is 91.0 Å². The normalized spacial score (nSPS) is 21.5. The number of hydrogen-bond acceptors (Lipinski definition) is 4. The highest BCUT2D eigenvalue weighted by Gasteiger charge is 2.39. The van der Waals surface area contributed by atoms with E-state index in [0.717, 1.165) is 16.7 Å². The molecule has 0 bridgehead atoms. The van der Waals surface area contributed by atoms with Crippen LogP contribution in [0, 0.1) is 0 Å². The van der Waals surface area contributed by atoms with Gasteiger partial charge in [0, 0.05) is 6.42 Å². The van der Waals surface area contributed by atoms with Crippen LogP contribution in [-0.2, 0) is 32.2 Å². The first-order valence-corrected chi connectivity index (χ1v) is 10.3. The van der Waals surface area contributed by atoms with Gasteiger partial charge in [-0.3, -0.25) is 4.79 Å². The fourth-order valence-electron chi connectivity index (χ4n) is 3.66. The lowest BCUT2D eigenvalue weighted by Crippen LogP contribution is -2.46. The largest absolute Gasteiger partial charge is 0.374 e. The number of hydrogen-bond donors (Lipinski definition) is 0. The number of Topliss-reactive ketones (excluding diaryl/α,β-unsaturated/α-hetero) is 1. The Labute approximate surface area is 177 Å². The lowest BCUT2D eigenvalue weighted by molar-refractivity contribution is -0.179. The molecule has 3 atom stereocenters. The maximum absolute atomic E-state index is 13.0. The van der Waals surface area contributed by atoms with Crippen molar-refractivity contribution in [3.05, 3.63) is 108 Å². The molecule has 0 amide bonds. The Morgan fingerprint density at radius 3 is 1.97 bits per heavy atom. The smallest absolute Gasteiger partial charge is 0.167 e. The molecule has 30 heavy (non-hydrogen) atoms. The maximum Gasteiger partial charge on any atom is 0.167 e. The highest BCUT2D eigenvalue weighted by atomic mass is 16.6. The second-order valence-electron chi connectivity index (χ2n) is 7.46. The highest BCUT2D eigenvalue weighted by Crippen LogP contribution is 2.31. The van der Waals surface area contributed by atoms with Gasteiger partial charge in [0.2, 0.25) is 0 Å². The van der Waals surface area contributed by atoms with E-state index in [9.17, 15) is 4.79 Å². The zero-order chi connectivity index (χ0) is 20.6. The Hall–Kier alpha value is -2.79. The van der Waals surface area contributed by atoms with Gasteiger partial charge < -0.3 is 14.2 Å². The molecule has 3 aromatic rings. The van der Waals surface area contributed by atoms with Crippen LogP contribution in [0.3, 0.4) is 0 Å². The predicted molar refractivity (Wildman–Crippen MR) is 115 cm³/mol. The second kappa shape index (κ2) is 10.3. The van der Waals surface area contributed by atoms with Gasteiger partial charge in [-0.2, -0.15) is 0 Å². The summed E-state index contributed by atoms with van der Waals surface area (Å²) in [4.78, 5) is 13.0. The molecule has 1 aliphatic rings. The fraction of sp³-hybridized carbons (Fsp3) is 0.269. The molecule has 4 rings (SSSR count). The minimum absolute atomic E-state index is 0.0549. The lowest BCUT2D eigenvalue weighted by atomic mass is 9.95. The summed E-state index contributed by atoms with van der Waals surface area (Å²) in [6, 6.07) is 29.7. The highest BCUT2D eigenvalue weighted by molar-refractivity contribution is 5.85. The van der Waals surface area contributed by atoms with Crippen molar-refractivity contribution < 1.29 is 19.0 Å². The topological polar surface area (TPSA) is 44.8 Å². The van der Waals surface area contributed by atoms with E-state index < -0.39 is 12.2 Å². The first-order valence-electron chi connectivity index (χ1n) is 10.3. The third-order valence-electron chi connectivity index (χ3n) is 5.22. The minimum Gasteiger partial charge on any atom is -0.374 e. The van der Waals surface area contributed by atoms with Crippen LogP contribution in [0.2, 0.25) is 0 Å². The van der Waals surface area contributed by atoms with Gasteiger partial charge in [-0.15, -0.1) is 0 Å².